The lowest BCUT2D eigenvalue weighted by Gasteiger charge is -2.11. The van der Waals surface area contributed by atoms with E-state index >= 15 is 0 Å². The molecule has 5 heteroatoms. The summed E-state index contributed by atoms with van der Waals surface area (Å²) in [6.45, 7) is 1.62. The Morgan fingerprint density at radius 2 is 1.83 bits per heavy atom. The molecule has 0 aliphatic rings. The van der Waals surface area contributed by atoms with E-state index in [4.69, 9.17) is 5.73 Å². The third kappa shape index (κ3) is 2.72. The van der Waals surface area contributed by atoms with Crippen LogP contribution in [0.15, 0.2) is 36.4 Å². The van der Waals surface area contributed by atoms with Crippen LogP contribution in [0.2, 0.25) is 0 Å². The predicted molar refractivity (Wildman–Crippen MR) is 75.1 cm³/mol. The SMILES string of the molecule is C[C@H](N)C(=O)Nc1ccc(O)c2ccccc12.Cl. The molecule has 2 rings (SSSR count). The standard InChI is InChI=1S/C13H14N2O2.ClH/c1-8(14)13(17)15-11-6-7-12(16)10-5-3-2-4-9(10)11;/h2-8,16H,14H2,1H3,(H,15,17);1H/t8-;/m0./s1. The average Bonchev–Trinajstić information content (AvgIpc) is 2.33. The summed E-state index contributed by atoms with van der Waals surface area (Å²) >= 11 is 0. The maximum absolute atomic E-state index is 11.5. The Bertz CT molecular complexity index is 570. The van der Waals surface area contributed by atoms with Crippen molar-refractivity contribution in [1.29, 1.82) is 0 Å². The third-order valence-corrected chi connectivity index (χ3v) is 2.57. The number of benzene rings is 2. The van der Waals surface area contributed by atoms with Gasteiger partial charge in [-0.15, -0.1) is 12.4 Å². The molecule has 0 bridgehead atoms. The number of aromatic hydroxyl groups is 1. The molecule has 0 saturated carbocycles. The zero-order chi connectivity index (χ0) is 12.4. The van der Waals surface area contributed by atoms with Crippen LogP contribution in [-0.2, 0) is 4.79 Å². The number of halogens is 1. The van der Waals surface area contributed by atoms with Crippen molar-refractivity contribution < 1.29 is 9.90 Å². The summed E-state index contributed by atoms with van der Waals surface area (Å²) in [5, 5.41) is 13.9. The second-order valence-electron chi connectivity index (χ2n) is 3.96. The van der Waals surface area contributed by atoms with E-state index in [1.807, 2.05) is 18.2 Å². The van der Waals surface area contributed by atoms with Crippen LogP contribution < -0.4 is 11.1 Å². The van der Waals surface area contributed by atoms with E-state index in [2.05, 4.69) is 5.32 Å². The Morgan fingerprint density at radius 1 is 1.22 bits per heavy atom. The number of nitrogens with two attached hydrogens (primary N) is 1. The molecule has 0 unspecified atom stereocenters. The molecule has 2 aromatic rings. The molecule has 1 amide bonds. The topological polar surface area (TPSA) is 75.4 Å². The van der Waals surface area contributed by atoms with Crippen molar-refractivity contribution in [2.75, 3.05) is 5.32 Å². The van der Waals surface area contributed by atoms with E-state index in [1.54, 1.807) is 25.1 Å². The first-order valence-corrected chi connectivity index (χ1v) is 5.37. The van der Waals surface area contributed by atoms with Gasteiger partial charge in [0.05, 0.1) is 6.04 Å². The molecule has 96 valence electrons. The molecular formula is C13H15ClN2O2. The first kappa shape index (κ1) is 14.3. The maximum atomic E-state index is 11.5. The van der Waals surface area contributed by atoms with Crippen molar-refractivity contribution in [2.24, 2.45) is 5.73 Å². The fourth-order valence-corrected chi connectivity index (χ4v) is 1.64. The maximum Gasteiger partial charge on any atom is 0.241 e. The van der Waals surface area contributed by atoms with E-state index < -0.39 is 6.04 Å². The van der Waals surface area contributed by atoms with Gasteiger partial charge in [0.1, 0.15) is 5.75 Å². The molecule has 0 spiro atoms. The molecular weight excluding hydrogens is 252 g/mol. The van der Waals surface area contributed by atoms with Gasteiger partial charge in [-0.3, -0.25) is 4.79 Å². The largest absolute Gasteiger partial charge is 0.507 e. The Kier molecular flexibility index (Phi) is 4.53. The highest BCUT2D eigenvalue weighted by Crippen LogP contribution is 2.30. The number of nitrogens with one attached hydrogen (secondary N) is 1. The van der Waals surface area contributed by atoms with E-state index in [1.165, 1.54) is 0 Å². The van der Waals surface area contributed by atoms with E-state index in [9.17, 15) is 9.90 Å². The number of amides is 1. The normalized spacial score (nSPS) is 11.7. The van der Waals surface area contributed by atoms with Crippen molar-refractivity contribution in [1.82, 2.24) is 0 Å². The zero-order valence-electron chi connectivity index (χ0n) is 9.88. The quantitative estimate of drug-likeness (QED) is 0.730. The minimum Gasteiger partial charge on any atom is -0.507 e. The van der Waals surface area contributed by atoms with Gasteiger partial charge >= 0.3 is 0 Å². The summed E-state index contributed by atoms with van der Waals surface area (Å²) < 4.78 is 0. The van der Waals surface area contributed by atoms with Gasteiger partial charge in [0, 0.05) is 16.5 Å². The number of carbonyl (C=O) groups is 1. The molecule has 0 fully saturated rings. The van der Waals surface area contributed by atoms with Gasteiger partial charge in [-0.2, -0.15) is 0 Å². The summed E-state index contributed by atoms with van der Waals surface area (Å²) in [4.78, 5) is 11.5. The zero-order valence-corrected chi connectivity index (χ0v) is 10.7. The summed E-state index contributed by atoms with van der Waals surface area (Å²) in [5.74, 6) is -0.0553. The highest BCUT2D eigenvalue weighted by molar-refractivity contribution is 6.05. The van der Waals surface area contributed by atoms with Crippen LogP contribution in [0.3, 0.4) is 0 Å². The molecule has 1 atom stereocenters. The van der Waals surface area contributed by atoms with Crippen LogP contribution in [0.25, 0.3) is 10.8 Å². The van der Waals surface area contributed by atoms with Crippen LogP contribution in [0.4, 0.5) is 5.69 Å². The number of phenolic OH excluding ortho intramolecular Hbond substituents is 1. The number of hydrogen-bond acceptors (Lipinski definition) is 3. The lowest BCUT2D eigenvalue weighted by Crippen LogP contribution is -2.32. The van der Waals surface area contributed by atoms with Crippen LogP contribution >= 0.6 is 12.4 Å². The van der Waals surface area contributed by atoms with Crippen molar-refractivity contribution >= 4 is 34.8 Å². The van der Waals surface area contributed by atoms with Crippen LogP contribution in [0.5, 0.6) is 5.75 Å². The van der Waals surface area contributed by atoms with E-state index in [0.29, 0.717) is 11.1 Å². The average molecular weight is 267 g/mol. The van der Waals surface area contributed by atoms with Gasteiger partial charge < -0.3 is 16.2 Å². The van der Waals surface area contributed by atoms with Crippen molar-refractivity contribution in [3.8, 4) is 5.75 Å². The number of fused-ring (bicyclic) bond motifs is 1. The predicted octanol–water partition coefficient (Wildman–Crippen LogP) is 2.25. The second kappa shape index (κ2) is 5.71. The van der Waals surface area contributed by atoms with E-state index in [0.717, 1.165) is 5.39 Å². The summed E-state index contributed by atoms with van der Waals surface area (Å²) in [6.07, 6.45) is 0. The Hall–Kier alpha value is -1.78. The molecule has 4 N–H and O–H groups in total. The van der Waals surface area contributed by atoms with Crippen LogP contribution in [-0.4, -0.2) is 17.1 Å². The minimum absolute atomic E-state index is 0. The summed E-state index contributed by atoms with van der Waals surface area (Å²) in [6, 6.07) is 9.97. The smallest absolute Gasteiger partial charge is 0.241 e. The molecule has 18 heavy (non-hydrogen) atoms. The Morgan fingerprint density at radius 3 is 2.44 bits per heavy atom. The Labute approximate surface area is 111 Å². The molecule has 4 nitrogen and oxygen atoms in total. The van der Waals surface area contributed by atoms with Crippen molar-refractivity contribution in [2.45, 2.75) is 13.0 Å². The number of phenols is 1. The van der Waals surface area contributed by atoms with Gasteiger partial charge in [0.15, 0.2) is 0 Å². The molecule has 2 aromatic carbocycles. The molecule has 0 aromatic heterocycles. The van der Waals surface area contributed by atoms with E-state index in [-0.39, 0.29) is 24.1 Å². The van der Waals surface area contributed by atoms with Crippen molar-refractivity contribution in [3.05, 3.63) is 36.4 Å². The lowest BCUT2D eigenvalue weighted by atomic mass is 10.1. The molecule has 0 heterocycles. The Balaban J connectivity index is 0.00000162. The molecule has 0 saturated heterocycles. The fraction of sp³-hybridized carbons (Fsp3) is 0.154. The number of anilines is 1. The van der Waals surface area contributed by atoms with Gasteiger partial charge in [0.25, 0.3) is 0 Å². The van der Waals surface area contributed by atoms with Gasteiger partial charge in [-0.05, 0) is 19.1 Å². The second-order valence-corrected chi connectivity index (χ2v) is 3.96. The fourth-order valence-electron chi connectivity index (χ4n) is 1.64. The van der Waals surface area contributed by atoms with Gasteiger partial charge in [-0.1, -0.05) is 24.3 Å². The summed E-state index contributed by atoms with van der Waals surface area (Å²) in [5.41, 5.74) is 6.15. The van der Waals surface area contributed by atoms with Gasteiger partial charge in [-0.25, -0.2) is 0 Å². The highest BCUT2D eigenvalue weighted by Gasteiger charge is 2.10. The third-order valence-electron chi connectivity index (χ3n) is 2.57. The highest BCUT2D eigenvalue weighted by atomic mass is 35.5. The number of hydrogen-bond donors (Lipinski definition) is 3. The van der Waals surface area contributed by atoms with Gasteiger partial charge in [0.2, 0.25) is 5.91 Å². The molecule has 0 radical (unpaired) electrons. The lowest BCUT2D eigenvalue weighted by molar-refractivity contribution is -0.117. The number of carbonyl (C=O) groups excluding carboxylic acids is 1. The first-order valence-electron chi connectivity index (χ1n) is 5.37. The molecule has 0 aliphatic carbocycles. The van der Waals surface area contributed by atoms with Crippen molar-refractivity contribution in [3.63, 3.8) is 0 Å². The first-order chi connectivity index (χ1) is 8.09. The summed E-state index contributed by atoms with van der Waals surface area (Å²) in [7, 11) is 0. The minimum atomic E-state index is -0.567. The number of rotatable bonds is 2. The monoisotopic (exact) mass is 266 g/mol. The van der Waals surface area contributed by atoms with Crippen LogP contribution in [0, 0.1) is 0 Å². The molecule has 0 aliphatic heterocycles. The van der Waals surface area contributed by atoms with Crippen LogP contribution in [0.1, 0.15) is 6.92 Å².